The Kier molecular flexibility index (Phi) is 2.91. The van der Waals surface area contributed by atoms with Gasteiger partial charge in [0.1, 0.15) is 5.00 Å². The topological polar surface area (TPSA) is 42.0 Å². The molecule has 0 aliphatic heterocycles. The third-order valence-electron chi connectivity index (χ3n) is 0.972. The monoisotopic (exact) mass is 274 g/mol. The molecule has 0 spiro atoms. The maximum atomic E-state index is 11.7. The van der Waals surface area contributed by atoms with Gasteiger partial charge in [0.25, 0.3) is 0 Å². The molecular formula is C5H2BrF3N2OS. The largest absolute Gasteiger partial charge is 0.471 e. The fraction of sp³-hybridized carbons (Fsp3) is 0.200. The van der Waals surface area contributed by atoms with Gasteiger partial charge in [-0.05, 0) is 15.9 Å². The van der Waals surface area contributed by atoms with Crippen LogP contribution in [-0.2, 0) is 4.79 Å². The van der Waals surface area contributed by atoms with Crippen molar-refractivity contribution < 1.29 is 18.0 Å². The normalized spacial score (nSPS) is 11.4. The number of hydrogen-bond acceptors (Lipinski definition) is 3. The number of anilines is 1. The highest BCUT2D eigenvalue weighted by Gasteiger charge is 2.38. The van der Waals surface area contributed by atoms with Gasteiger partial charge in [-0.3, -0.25) is 4.79 Å². The van der Waals surface area contributed by atoms with E-state index in [0.29, 0.717) is 3.92 Å². The highest BCUT2D eigenvalue weighted by atomic mass is 79.9. The number of amides is 1. The third-order valence-corrected chi connectivity index (χ3v) is 2.36. The van der Waals surface area contributed by atoms with Gasteiger partial charge in [0.05, 0.1) is 6.20 Å². The predicted octanol–water partition coefficient (Wildman–Crippen LogP) is 2.41. The Morgan fingerprint density at radius 1 is 1.62 bits per heavy atom. The number of alkyl halides is 3. The summed E-state index contributed by atoms with van der Waals surface area (Å²) in [6.45, 7) is 0. The van der Waals surface area contributed by atoms with Crippen LogP contribution >= 0.6 is 27.3 Å². The summed E-state index contributed by atoms with van der Waals surface area (Å²) in [7, 11) is 0. The van der Waals surface area contributed by atoms with Crippen molar-refractivity contribution in [2.75, 3.05) is 5.32 Å². The summed E-state index contributed by atoms with van der Waals surface area (Å²) in [4.78, 5) is 14.0. The molecular weight excluding hydrogens is 273 g/mol. The van der Waals surface area contributed by atoms with Crippen molar-refractivity contribution >= 4 is 38.2 Å². The lowest BCUT2D eigenvalue weighted by Crippen LogP contribution is -2.29. The molecule has 0 saturated heterocycles. The number of halogens is 4. The van der Waals surface area contributed by atoms with E-state index in [-0.39, 0.29) is 5.00 Å². The average molecular weight is 275 g/mol. The molecule has 13 heavy (non-hydrogen) atoms. The molecule has 0 aliphatic rings. The SMILES string of the molecule is O=C(Nc1cnc(Br)s1)C(F)(F)F. The molecule has 72 valence electrons. The first-order valence-corrected chi connectivity index (χ1v) is 4.50. The van der Waals surface area contributed by atoms with Gasteiger partial charge in [-0.15, -0.1) is 0 Å². The number of aromatic nitrogens is 1. The molecule has 1 amide bonds. The minimum atomic E-state index is -4.86. The number of carbonyl (C=O) groups is 1. The standard InChI is InChI=1S/C5H2BrF3N2OS/c6-4-10-1-2(13-4)11-3(12)5(7,8)9/h1H,(H,11,12). The van der Waals surface area contributed by atoms with Crippen LogP contribution in [0.25, 0.3) is 0 Å². The van der Waals surface area contributed by atoms with Crippen molar-refractivity contribution in [2.24, 2.45) is 0 Å². The van der Waals surface area contributed by atoms with Gasteiger partial charge in [-0.1, -0.05) is 11.3 Å². The van der Waals surface area contributed by atoms with Crippen molar-refractivity contribution in [1.29, 1.82) is 0 Å². The molecule has 0 atom stereocenters. The van der Waals surface area contributed by atoms with E-state index >= 15 is 0 Å². The highest BCUT2D eigenvalue weighted by molar-refractivity contribution is 9.11. The molecule has 0 radical (unpaired) electrons. The zero-order valence-electron chi connectivity index (χ0n) is 5.85. The van der Waals surface area contributed by atoms with E-state index in [1.54, 1.807) is 5.32 Å². The Morgan fingerprint density at radius 2 is 2.23 bits per heavy atom. The smallest absolute Gasteiger partial charge is 0.308 e. The molecule has 1 heterocycles. The number of thiazole rings is 1. The van der Waals surface area contributed by atoms with Crippen molar-refractivity contribution in [3.8, 4) is 0 Å². The van der Waals surface area contributed by atoms with Crippen LogP contribution in [0, 0.1) is 0 Å². The van der Waals surface area contributed by atoms with E-state index in [0.717, 1.165) is 17.5 Å². The summed E-state index contributed by atoms with van der Waals surface area (Å²) in [6, 6.07) is 0. The van der Waals surface area contributed by atoms with E-state index in [2.05, 4.69) is 20.9 Å². The van der Waals surface area contributed by atoms with E-state index < -0.39 is 12.1 Å². The summed E-state index contributed by atoms with van der Waals surface area (Å²) < 4.78 is 35.5. The van der Waals surface area contributed by atoms with Crippen molar-refractivity contribution in [2.45, 2.75) is 6.18 Å². The van der Waals surface area contributed by atoms with Crippen LogP contribution in [0.15, 0.2) is 10.1 Å². The Bertz CT molecular complexity index is 324. The average Bonchev–Trinajstić information content (AvgIpc) is 2.33. The van der Waals surface area contributed by atoms with Crippen molar-refractivity contribution in [1.82, 2.24) is 4.98 Å². The Labute approximate surface area is 83.1 Å². The van der Waals surface area contributed by atoms with Crippen molar-refractivity contribution in [3.63, 3.8) is 0 Å². The summed E-state index contributed by atoms with van der Waals surface area (Å²) in [5.74, 6) is -2.00. The van der Waals surface area contributed by atoms with Gasteiger partial charge in [-0.2, -0.15) is 13.2 Å². The maximum Gasteiger partial charge on any atom is 0.471 e. The lowest BCUT2D eigenvalue weighted by atomic mass is 10.6. The first-order chi connectivity index (χ1) is 5.89. The molecule has 1 rings (SSSR count). The molecule has 0 aliphatic carbocycles. The number of carbonyl (C=O) groups excluding carboxylic acids is 1. The second-order valence-electron chi connectivity index (χ2n) is 1.93. The predicted molar refractivity (Wildman–Crippen MR) is 44.5 cm³/mol. The van der Waals surface area contributed by atoms with E-state index in [4.69, 9.17) is 0 Å². The van der Waals surface area contributed by atoms with Crippen LogP contribution < -0.4 is 5.32 Å². The van der Waals surface area contributed by atoms with E-state index in [1.807, 2.05) is 0 Å². The Morgan fingerprint density at radius 3 is 2.62 bits per heavy atom. The quantitative estimate of drug-likeness (QED) is 0.855. The fourth-order valence-electron chi connectivity index (χ4n) is 0.493. The summed E-state index contributed by atoms with van der Waals surface area (Å²) in [5.41, 5.74) is 0. The minimum Gasteiger partial charge on any atom is -0.308 e. The molecule has 0 aromatic carbocycles. The van der Waals surface area contributed by atoms with E-state index in [9.17, 15) is 18.0 Å². The van der Waals surface area contributed by atoms with E-state index in [1.165, 1.54) is 0 Å². The molecule has 0 bridgehead atoms. The lowest BCUT2D eigenvalue weighted by molar-refractivity contribution is -0.167. The van der Waals surface area contributed by atoms with Gasteiger partial charge < -0.3 is 5.32 Å². The van der Waals surface area contributed by atoms with Gasteiger partial charge in [0.2, 0.25) is 0 Å². The highest BCUT2D eigenvalue weighted by Crippen LogP contribution is 2.25. The zero-order chi connectivity index (χ0) is 10.1. The molecule has 3 nitrogen and oxygen atoms in total. The van der Waals surface area contributed by atoms with Gasteiger partial charge in [-0.25, -0.2) is 4.98 Å². The molecule has 0 unspecified atom stereocenters. The van der Waals surface area contributed by atoms with Gasteiger partial charge >= 0.3 is 12.1 Å². The van der Waals surface area contributed by atoms with Crippen LogP contribution in [0.2, 0.25) is 0 Å². The molecule has 8 heteroatoms. The maximum absolute atomic E-state index is 11.7. The number of nitrogens with zero attached hydrogens (tertiary/aromatic N) is 1. The first kappa shape index (κ1) is 10.5. The minimum absolute atomic E-state index is 0.0502. The molecule has 1 N–H and O–H groups in total. The molecule has 0 saturated carbocycles. The van der Waals surface area contributed by atoms with Crippen LogP contribution in [0.5, 0.6) is 0 Å². The number of rotatable bonds is 1. The third kappa shape index (κ3) is 2.96. The molecule has 1 aromatic heterocycles. The van der Waals surface area contributed by atoms with Crippen molar-refractivity contribution in [3.05, 3.63) is 10.1 Å². The van der Waals surface area contributed by atoms with Gasteiger partial charge in [0.15, 0.2) is 3.92 Å². The van der Waals surface area contributed by atoms with Crippen LogP contribution in [0.3, 0.4) is 0 Å². The summed E-state index contributed by atoms with van der Waals surface area (Å²) >= 11 is 3.85. The summed E-state index contributed by atoms with van der Waals surface area (Å²) in [5, 5.41) is 1.71. The zero-order valence-corrected chi connectivity index (χ0v) is 8.26. The van der Waals surface area contributed by atoms with Crippen LogP contribution in [-0.4, -0.2) is 17.1 Å². The number of nitrogens with one attached hydrogen (secondary N) is 1. The Hall–Kier alpha value is -0.630. The van der Waals surface area contributed by atoms with Gasteiger partial charge in [0, 0.05) is 0 Å². The molecule has 0 fully saturated rings. The second kappa shape index (κ2) is 3.62. The fourth-order valence-corrected chi connectivity index (χ4v) is 1.65. The van der Waals surface area contributed by atoms with Crippen LogP contribution in [0.1, 0.15) is 0 Å². The molecule has 1 aromatic rings. The lowest BCUT2D eigenvalue weighted by Gasteiger charge is -2.04. The Balaban J connectivity index is 2.65. The first-order valence-electron chi connectivity index (χ1n) is 2.89. The summed E-state index contributed by atoms with van der Waals surface area (Å²) in [6.07, 6.45) is -3.73. The second-order valence-corrected chi connectivity index (χ2v) is 4.24. The number of hydrogen-bond donors (Lipinski definition) is 1. The van der Waals surface area contributed by atoms with Crippen LogP contribution in [0.4, 0.5) is 18.2 Å².